The topological polar surface area (TPSA) is 75.4 Å². The zero-order chi connectivity index (χ0) is 11.6. The molecule has 4 N–H and O–H groups in total. The highest BCUT2D eigenvalue weighted by atomic mass is 79.9. The molecule has 1 aromatic carbocycles. The van der Waals surface area contributed by atoms with Crippen molar-refractivity contribution in [2.24, 2.45) is 5.73 Å². The van der Waals surface area contributed by atoms with Gasteiger partial charge in [0.2, 0.25) is 5.91 Å². The number of nitrogens with one attached hydrogen (secondary N) is 1. The van der Waals surface area contributed by atoms with E-state index in [1.165, 1.54) is 0 Å². The maximum absolute atomic E-state index is 11.5. The molecule has 0 radical (unpaired) electrons. The van der Waals surface area contributed by atoms with Crippen LogP contribution in [0.2, 0.25) is 0 Å². The molecule has 0 atom stereocenters. The molecular weight excluding hydrogens is 260 g/mol. The number of phenols is 1. The van der Waals surface area contributed by atoms with Crippen molar-refractivity contribution in [3.8, 4) is 5.75 Å². The van der Waals surface area contributed by atoms with Crippen molar-refractivity contribution in [2.75, 3.05) is 5.32 Å². The molecule has 1 amide bonds. The lowest BCUT2D eigenvalue weighted by atomic mass is 10.1. The molecule has 0 aliphatic rings. The minimum Gasteiger partial charge on any atom is -0.505 e. The lowest BCUT2D eigenvalue weighted by Crippen LogP contribution is -2.45. The highest BCUT2D eigenvalue weighted by Crippen LogP contribution is 2.31. The van der Waals surface area contributed by atoms with Gasteiger partial charge in [-0.25, -0.2) is 0 Å². The average Bonchev–Trinajstić information content (AvgIpc) is 2.11. The van der Waals surface area contributed by atoms with E-state index >= 15 is 0 Å². The summed E-state index contributed by atoms with van der Waals surface area (Å²) in [5.74, 6) is -0.356. The third-order valence-electron chi connectivity index (χ3n) is 1.82. The molecule has 0 saturated heterocycles. The quantitative estimate of drug-likeness (QED) is 0.719. The molecule has 0 aliphatic carbocycles. The van der Waals surface area contributed by atoms with Crippen LogP contribution in [0, 0.1) is 0 Å². The lowest BCUT2D eigenvalue weighted by Gasteiger charge is -2.18. The van der Waals surface area contributed by atoms with Crippen molar-refractivity contribution in [3.63, 3.8) is 0 Å². The summed E-state index contributed by atoms with van der Waals surface area (Å²) in [5.41, 5.74) is 4.97. The Morgan fingerprint density at radius 2 is 2.13 bits per heavy atom. The van der Waals surface area contributed by atoms with Crippen molar-refractivity contribution < 1.29 is 9.90 Å². The molecule has 1 rings (SSSR count). The fourth-order valence-electron chi connectivity index (χ4n) is 0.900. The molecule has 82 valence electrons. The molecule has 0 unspecified atom stereocenters. The lowest BCUT2D eigenvalue weighted by molar-refractivity contribution is -0.120. The predicted molar refractivity (Wildman–Crippen MR) is 62.7 cm³/mol. The van der Waals surface area contributed by atoms with Crippen molar-refractivity contribution in [1.82, 2.24) is 0 Å². The van der Waals surface area contributed by atoms with Gasteiger partial charge in [0, 0.05) is 0 Å². The number of amides is 1. The minimum absolute atomic E-state index is 0.00454. The normalized spacial score (nSPS) is 11.2. The van der Waals surface area contributed by atoms with Crippen LogP contribution in [0.5, 0.6) is 5.75 Å². The van der Waals surface area contributed by atoms with E-state index in [2.05, 4.69) is 21.2 Å². The molecule has 0 fully saturated rings. The van der Waals surface area contributed by atoms with E-state index in [4.69, 9.17) is 5.73 Å². The number of carbonyl (C=O) groups excluding carboxylic acids is 1. The second kappa shape index (κ2) is 4.20. The number of rotatable bonds is 2. The van der Waals surface area contributed by atoms with Crippen molar-refractivity contribution in [3.05, 3.63) is 22.7 Å². The van der Waals surface area contributed by atoms with Crippen LogP contribution in [0.25, 0.3) is 0 Å². The first-order chi connectivity index (χ1) is 6.82. The van der Waals surface area contributed by atoms with Gasteiger partial charge < -0.3 is 16.2 Å². The average molecular weight is 273 g/mol. The monoisotopic (exact) mass is 272 g/mol. The van der Waals surface area contributed by atoms with Gasteiger partial charge in [0.15, 0.2) is 5.75 Å². The number of hydrogen-bond acceptors (Lipinski definition) is 3. The Morgan fingerprint density at radius 3 is 2.67 bits per heavy atom. The van der Waals surface area contributed by atoms with Gasteiger partial charge in [0.25, 0.3) is 0 Å². The molecule has 5 heteroatoms. The number of halogens is 1. The summed E-state index contributed by atoms with van der Waals surface area (Å²) in [7, 11) is 0. The number of carbonyl (C=O) groups is 1. The third-order valence-corrected chi connectivity index (χ3v) is 2.46. The van der Waals surface area contributed by atoms with Crippen LogP contribution < -0.4 is 11.1 Å². The van der Waals surface area contributed by atoms with Crippen LogP contribution in [-0.4, -0.2) is 16.6 Å². The summed E-state index contributed by atoms with van der Waals surface area (Å²) in [6.07, 6.45) is 0. The molecule has 0 saturated carbocycles. The molecule has 15 heavy (non-hydrogen) atoms. The van der Waals surface area contributed by atoms with E-state index in [1.54, 1.807) is 32.0 Å². The number of anilines is 1. The maximum atomic E-state index is 11.5. The summed E-state index contributed by atoms with van der Waals surface area (Å²) < 4.78 is 0.523. The Kier molecular flexibility index (Phi) is 3.36. The van der Waals surface area contributed by atoms with Gasteiger partial charge in [-0.15, -0.1) is 0 Å². The van der Waals surface area contributed by atoms with E-state index in [0.29, 0.717) is 10.2 Å². The Hall–Kier alpha value is -1.07. The fraction of sp³-hybridized carbons (Fsp3) is 0.300. The third kappa shape index (κ3) is 2.94. The Morgan fingerprint density at radius 1 is 1.53 bits per heavy atom. The highest BCUT2D eigenvalue weighted by molar-refractivity contribution is 9.10. The van der Waals surface area contributed by atoms with E-state index in [-0.39, 0.29) is 11.7 Å². The largest absolute Gasteiger partial charge is 0.505 e. The van der Waals surface area contributed by atoms with Crippen LogP contribution in [-0.2, 0) is 4.79 Å². The minimum atomic E-state index is -0.977. The number of phenolic OH excluding ortho intramolecular Hbond substituents is 1. The number of benzene rings is 1. The summed E-state index contributed by atoms with van der Waals surface area (Å²) in [4.78, 5) is 11.5. The number of nitrogens with two attached hydrogens (primary N) is 1. The zero-order valence-corrected chi connectivity index (χ0v) is 10.1. The van der Waals surface area contributed by atoms with Crippen LogP contribution >= 0.6 is 15.9 Å². The fourth-order valence-corrected chi connectivity index (χ4v) is 1.27. The van der Waals surface area contributed by atoms with Gasteiger partial charge in [-0.05, 0) is 41.9 Å². The summed E-state index contributed by atoms with van der Waals surface area (Å²) in [5, 5.41) is 12.2. The van der Waals surface area contributed by atoms with Gasteiger partial charge in [0.1, 0.15) is 0 Å². The van der Waals surface area contributed by atoms with E-state index in [0.717, 1.165) is 0 Å². The van der Waals surface area contributed by atoms with Gasteiger partial charge in [-0.2, -0.15) is 0 Å². The van der Waals surface area contributed by atoms with Gasteiger partial charge in [0.05, 0.1) is 15.7 Å². The maximum Gasteiger partial charge on any atom is 0.243 e. The Labute approximate surface area is 96.6 Å². The molecule has 4 nitrogen and oxygen atoms in total. The number of para-hydroxylation sites is 1. The van der Waals surface area contributed by atoms with Gasteiger partial charge >= 0.3 is 0 Å². The van der Waals surface area contributed by atoms with Crippen LogP contribution in [0.3, 0.4) is 0 Å². The van der Waals surface area contributed by atoms with E-state index in [1.807, 2.05) is 0 Å². The Bertz CT molecular complexity index is 385. The first-order valence-electron chi connectivity index (χ1n) is 4.40. The van der Waals surface area contributed by atoms with Crippen LogP contribution in [0.1, 0.15) is 13.8 Å². The second-order valence-corrected chi connectivity index (χ2v) is 4.67. The van der Waals surface area contributed by atoms with Crippen molar-refractivity contribution >= 4 is 27.5 Å². The summed E-state index contributed by atoms with van der Waals surface area (Å²) in [6, 6.07) is 4.99. The molecule has 1 aromatic rings. The SMILES string of the molecule is CC(C)(N)C(=O)Nc1cccc(Br)c1O. The first kappa shape index (κ1) is 12.0. The van der Waals surface area contributed by atoms with E-state index < -0.39 is 5.54 Å². The van der Waals surface area contributed by atoms with Crippen LogP contribution in [0.15, 0.2) is 22.7 Å². The predicted octanol–water partition coefficient (Wildman–Crippen LogP) is 1.83. The van der Waals surface area contributed by atoms with E-state index in [9.17, 15) is 9.90 Å². The molecule has 0 bridgehead atoms. The smallest absolute Gasteiger partial charge is 0.243 e. The molecule has 0 aromatic heterocycles. The highest BCUT2D eigenvalue weighted by Gasteiger charge is 2.22. The molecular formula is C10H13BrN2O2. The molecule has 0 spiro atoms. The van der Waals surface area contributed by atoms with Gasteiger partial charge in [-0.3, -0.25) is 4.79 Å². The number of aromatic hydroxyl groups is 1. The molecule has 0 heterocycles. The second-order valence-electron chi connectivity index (χ2n) is 3.81. The first-order valence-corrected chi connectivity index (χ1v) is 5.19. The number of hydrogen-bond donors (Lipinski definition) is 3. The summed E-state index contributed by atoms with van der Waals surface area (Å²) in [6.45, 7) is 3.19. The molecule has 0 aliphatic heterocycles. The van der Waals surface area contributed by atoms with Crippen molar-refractivity contribution in [1.29, 1.82) is 0 Å². The van der Waals surface area contributed by atoms with Crippen LogP contribution in [0.4, 0.5) is 5.69 Å². The zero-order valence-electron chi connectivity index (χ0n) is 8.54. The summed E-state index contributed by atoms with van der Waals surface area (Å²) >= 11 is 3.15. The Balaban J connectivity index is 2.91. The van der Waals surface area contributed by atoms with Crippen molar-refractivity contribution in [2.45, 2.75) is 19.4 Å². The standard InChI is InChI=1S/C10H13BrN2O2/c1-10(2,12)9(15)13-7-5-3-4-6(11)8(7)14/h3-5,14H,12H2,1-2H3,(H,13,15). The van der Waals surface area contributed by atoms with Gasteiger partial charge in [-0.1, -0.05) is 6.07 Å².